The molecule has 2 aliphatic heterocycles. The van der Waals surface area contributed by atoms with E-state index in [0.29, 0.717) is 56.8 Å². The molecule has 3 N–H and O–H groups in total. The van der Waals surface area contributed by atoms with E-state index in [1.165, 1.54) is 19.3 Å². The Morgan fingerprint density at radius 3 is 1.85 bits per heavy atom. The second-order valence-electron chi connectivity index (χ2n) is 16.5. The zero-order valence-corrected chi connectivity index (χ0v) is 32.8. The van der Waals surface area contributed by atoms with E-state index in [1.807, 2.05) is 41.4 Å². The quantitative estimate of drug-likeness (QED) is 0.166. The number of aliphatic carboxylic acids is 1. The largest absolute Gasteiger partial charge is 0.481 e. The van der Waals surface area contributed by atoms with Crippen LogP contribution in [-0.2, 0) is 44.8 Å². The molecule has 3 fully saturated rings. The van der Waals surface area contributed by atoms with Crippen LogP contribution < -0.4 is 10.6 Å². The van der Waals surface area contributed by atoms with E-state index in [2.05, 4.69) is 20.4 Å². The predicted molar refractivity (Wildman–Crippen MR) is 211 cm³/mol. The lowest BCUT2D eigenvalue weighted by Gasteiger charge is -2.39. The van der Waals surface area contributed by atoms with Crippen molar-refractivity contribution in [2.45, 2.75) is 83.3 Å². The fourth-order valence-corrected chi connectivity index (χ4v) is 10.6. The van der Waals surface area contributed by atoms with Gasteiger partial charge in [0.05, 0.1) is 38.2 Å². The van der Waals surface area contributed by atoms with Crippen LogP contribution in [0.1, 0.15) is 95.4 Å². The molecule has 0 atom stereocenters. The van der Waals surface area contributed by atoms with Crippen LogP contribution in [0.5, 0.6) is 0 Å². The summed E-state index contributed by atoms with van der Waals surface area (Å²) < 4.78 is 3.76. The van der Waals surface area contributed by atoms with Gasteiger partial charge in [-0.15, -0.1) is 0 Å². The summed E-state index contributed by atoms with van der Waals surface area (Å²) in [5, 5.41) is 16.5. The number of rotatable bonds is 9. The van der Waals surface area contributed by atoms with Crippen LogP contribution in [0, 0.1) is 10.8 Å². The normalized spacial score (nSPS) is 23.6. The Hall–Kier alpha value is -4.23. The first-order valence-corrected chi connectivity index (χ1v) is 20.2. The average Bonchev–Trinajstić information content (AvgIpc) is 3.89. The summed E-state index contributed by atoms with van der Waals surface area (Å²) in [7, 11) is 3.76. The number of benzene rings is 2. The van der Waals surface area contributed by atoms with Gasteiger partial charge in [-0.3, -0.25) is 24.2 Å². The Morgan fingerprint density at radius 2 is 1.35 bits per heavy atom. The summed E-state index contributed by atoms with van der Waals surface area (Å²) in [5.74, 6) is -0.709. The van der Waals surface area contributed by atoms with Crippen molar-refractivity contribution in [2.24, 2.45) is 24.9 Å². The van der Waals surface area contributed by atoms with E-state index < -0.39 is 11.4 Å². The van der Waals surface area contributed by atoms with Crippen molar-refractivity contribution < 1.29 is 19.5 Å². The third kappa shape index (κ3) is 6.25. The van der Waals surface area contributed by atoms with Gasteiger partial charge in [-0.25, -0.2) is 9.97 Å². The Kier molecular flexibility index (Phi) is 9.11. The second-order valence-corrected chi connectivity index (χ2v) is 17.3. The molecular formula is C41H46Cl2N8O4. The third-order valence-corrected chi connectivity index (χ3v) is 14.2. The fraction of sp³-hybridized carbons (Fsp3) is 0.488. The highest BCUT2D eigenvalue weighted by atomic mass is 35.5. The van der Waals surface area contributed by atoms with Gasteiger partial charge in [-0.1, -0.05) is 53.9 Å². The van der Waals surface area contributed by atoms with Gasteiger partial charge < -0.3 is 24.9 Å². The van der Waals surface area contributed by atoms with Crippen molar-refractivity contribution in [2.75, 3.05) is 30.3 Å². The van der Waals surface area contributed by atoms with Gasteiger partial charge in [0.15, 0.2) is 11.6 Å². The molecule has 0 saturated heterocycles. The number of hydrogen-bond donors (Lipinski definition) is 3. The lowest BCUT2D eigenvalue weighted by molar-refractivity contribution is -0.148. The van der Waals surface area contributed by atoms with E-state index >= 15 is 0 Å². The van der Waals surface area contributed by atoms with Gasteiger partial charge in [0, 0.05) is 88.2 Å². The van der Waals surface area contributed by atoms with E-state index in [9.17, 15) is 19.5 Å². The highest BCUT2D eigenvalue weighted by Gasteiger charge is 2.58. The van der Waals surface area contributed by atoms with Crippen LogP contribution in [0.4, 0.5) is 11.4 Å². The molecule has 288 valence electrons. The molecule has 4 aromatic rings. The van der Waals surface area contributed by atoms with Crippen LogP contribution in [0.2, 0.25) is 10.0 Å². The highest BCUT2D eigenvalue weighted by molar-refractivity contribution is 6.40. The Balaban J connectivity index is 0.889. The number of aromatic nitrogens is 4. The summed E-state index contributed by atoms with van der Waals surface area (Å²) in [5.41, 5.74) is 5.53. The molecule has 0 unspecified atom stereocenters. The molecule has 4 heterocycles. The van der Waals surface area contributed by atoms with Crippen molar-refractivity contribution >= 4 is 52.4 Å². The first-order valence-electron chi connectivity index (χ1n) is 19.4. The number of amides is 2. The maximum atomic E-state index is 13.8. The van der Waals surface area contributed by atoms with Gasteiger partial charge in [-0.05, 0) is 62.5 Å². The van der Waals surface area contributed by atoms with Crippen LogP contribution in [0.15, 0.2) is 36.4 Å². The van der Waals surface area contributed by atoms with Crippen molar-refractivity contribution in [3.8, 4) is 11.1 Å². The van der Waals surface area contributed by atoms with Gasteiger partial charge >= 0.3 is 5.97 Å². The zero-order valence-electron chi connectivity index (χ0n) is 31.3. The molecule has 3 aliphatic carbocycles. The number of fused-ring (bicyclic) bond motifs is 4. The summed E-state index contributed by atoms with van der Waals surface area (Å²) in [6.07, 6.45) is 9.56. The summed E-state index contributed by atoms with van der Waals surface area (Å²) in [6, 6.07) is 11.4. The summed E-state index contributed by atoms with van der Waals surface area (Å²) in [6.45, 7) is 4.07. The number of carbonyl (C=O) groups is 3. The van der Waals surface area contributed by atoms with Crippen molar-refractivity contribution in [1.29, 1.82) is 0 Å². The Labute approximate surface area is 330 Å². The number of carboxylic acids is 1. The number of carboxylic acid groups (broad SMARTS) is 1. The molecule has 0 radical (unpaired) electrons. The monoisotopic (exact) mass is 784 g/mol. The number of hydrogen-bond acceptors (Lipinski definition) is 7. The maximum absolute atomic E-state index is 13.8. The number of halogens is 2. The molecule has 5 aliphatic rings. The van der Waals surface area contributed by atoms with Crippen LogP contribution in [0.3, 0.4) is 0 Å². The fourth-order valence-electron chi connectivity index (χ4n) is 10.1. The van der Waals surface area contributed by atoms with Crippen molar-refractivity contribution in [3.63, 3.8) is 0 Å². The molecule has 12 nitrogen and oxygen atoms in total. The molecule has 2 amide bonds. The molecule has 3 saturated carbocycles. The van der Waals surface area contributed by atoms with Crippen LogP contribution in [-0.4, -0.2) is 77.5 Å². The topological polar surface area (TPSA) is 138 Å². The highest BCUT2D eigenvalue weighted by Crippen LogP contribution is 2.62. The minimum absolute atomic E-state index is 0.0522. The number of imidazole rings is 2. The first kappa shape index (κ1) is 36.4. The molecule has 0 spiro atoms. The van der Waals surface area contributed by atoms with E-state index in [1.54, 1.807) is 18.2 Å². The van der Waals surface area contributed by atoms with Crippen molar-refractivity contribution in [3.05, 3.63) is 80.9 Å². The van der Waals surface area contributed by atoms with E-state index in [4.69, 9.17) is 33.2 Å². The second kappa shape index (κ2) is 13.8. The lowest BCUT2D eigenvalue weighted by atomic mass is 9.81. The average molecular weight is 786 g/mol. The summed E-state index contributed by atoms with van der Waals surface area (Å²) >= 11 is 13.9. The standard InChI is InChI=1S/C41H46Cl2N8O4/c1-48-31-12-18-50(23-40-14-16-41(22-40,17-15-40)39(54)55)20-29(31)44-35(48)37(52)46-27-10-4-8-25(33(27)42)26-9-5-11-28(34(26)43)47-38(53)36-45-30-21-51(24-6-3-7-24)19-13-32(30)49(36)2/h4-5,8-11,24H,3,6-7,12-23H2,1-2H3,(H,46,52)(H,47,53)(H,54,55). The van der Waals surface area contributed by atoms with E-state index in [0.717, 1.165) is 93.9 Å². The number of carbonyl (C=O) groups excluding carboxylic acids is 2. The molecular weight excluding hydrogens is 739 g/mol. The SMILES string of the molecule is Cn1c(C(=O)Nc2cccc(-c3cccc(NC(=O)c4nc5c(n4C)CCN(C4CCC4)C5)c3Cl)c2Cl)nc2c1CCN(CC13CCC(C(=O)O)(CC1)C3)C2. The Bertz CT molecular complexity index is 2230. The van der Waals surface area contributed by atoms with Crippen LogP contribution in [0.25, 0.3) is 11.1 Å². The summed E-state index contributed by atoms with van der Waals surface area (Å²) in [4.78, 5) is 53.8. The van der Waals surface area contributed by atoms with Crippen LogP contribution >= 0.6 is 23.2 Å². The maximum Gasteiger partial charge on any atom is 0.309 e. The predicted octanol–water partition coefficient (Wildman–Crippen LogP) is 6.94. The molecule has 14 heteroatoms. The molecule has 2 aromatic carbocycles. The molecule has 55 heavy (non-hydrogen) atoms. The number of anilines is 2. The number of nitrogens with zero attached hydrogens (tertiary/aromatic N) is 6. The molecule has 2 aromatic heterocycles. The van der Waals surface area contributed by atoms with Gasteiger partial charge in [0.1, 0.15) is 0 Å². The van der Waals surface area contributed by atoms with Gasteiger partial charge in [0.25, 0.3) is 11.8 Å². The smallest absolute Gasteiger partial charge is 0.309 e. The lowest BCUT2D eigenvalue weighted by Crippen LogP contribution is -2.43. The minimum Gasteiger partial charge on any atom is -0.481 e. The number of nitrogens with one attached hydrogen (secondary N) is 2. The first-order chi connectivity index (χ1) is 26.4. The third-order valence-electron chi connectivity index (χ3n) is 13.4. The Morgan fingerprint density at radius 1 is 0.800 bits per heavy atom. The molecule has 2 bridgehead atoms. The van der Waals surface area contributed by atoms with Gasteiger partial charge in [0.2, 0.25) is 0 Å². The van der Waals surface area contributed by atoms with E-state index in [-0.39, 0.29) is 17.2 Å². The zero-order chi connectivity index (χ0) is 38.2. The van der Waals surface area contributed by atoms with Crippen molar-refractivity contribution in [1.82, 2.24) is 28.9 Å². The molecule has 9 rings (SSSR count). The minimum atomic E-state index is -0.645. The van der Waals surface area contributed by atoms with Gasteiger partial charge in [-0.2, -0.15) is 0 Å².